The minimum absolute atomic E-state index is 0.159. The van der Waals surface area contributed by atoms with Crippen LogP contribution in [-0.4, -0.2) is 48.8 Å². The van der Waals surface area contributed by atoms with E-state index in [1.54, 1.807) is 6.07 Å². The van der Waals surface area contributed by atoms with E-state index in [4.69, 9.17) is 14.6 Å². The molecule has 1 fully saturated rings. The maximum atomic E-state index is 14.9. The van der Waals surface area contributed by atoms with Crippen LogP contribution in [0.3, 0.4) is 0 Å². The van der Waals surface area contributed by atoms with Crippen LogP contribution in [0.2, 0.25) is 0 Å². The molecule has 0 aliphatic carbocycles. The maximum Gasteiger partial charge on any atom is 0.304 e. The molecule has 0 unspecified atom stereocenters. The zero-order valence-corrected chi connectivity index (χ0v) is 17.6. The van der Waals surface area contributed by atoms with Crippen LogP contribution in [-0.2, 0) is 10.2 Å². The summed E-state index contributed by atoms with van der Waals surface area (Å²) in [6.45, 7) is 5.42. The van der Waals surface area contributed by atoms with Crippen LogP contribution in [0.15, 0.2) is 12.1 Å². The van der Waals surface area contributed by atoms with Crippen molar-refractivity contribution in [2.75, 3.05) is 32.8 Å². The Kier molecular flexibility index (Phi) is 7.76. The van der Waals surface area contributed by atoms with Gasteiger partial charge >= 0.3 is 5.97 Å². The van der Waals surface area contributed by atoms with Crippen LogP contribution >= 0.6 is 0 Å². The number of carboxylic acid groups (broad SMARTS) is 1. The lowest BCUT2D eigenvalue weighted by atomic mass is 9.74. The van der Waals surface area contributed by atoms with E-state index in [2.05, 4.69) is 11.8 Å². The molecule has 0 bridgehead atoms. The molecule has 0 atom stereocenters. The summed E-state index contributed by atoms with van der Waals surface area (Å²) in [7, 11) is 0. The molecule has 2 aliphatic heterocycles. The predicted molar refractivity (Wildman–Crippen MR) is 110 cm³/mol. The highest BCUT2D eigenvalue weighted by Crippen LogP contribution is 2.48. The fourth-order valence-electron chi connectivity index (χ4n) is 4.43. The number of likely N-dealkylation sites (tertiary alicyclic amines) is 1. The highest BCUT2D eigenvalue weighted by Gasteiger charge is 2.44. The van der Waals surface area contributed by atoms with Gasteiger partial charge in [0.1, 0.15) is 0 Å². The van der Waals surface area contributed by atoms with Gasteiger partial charge in [-0.2, -0.15) is 4.39 Å². The Bertz CT molecular complexity index is 686. The number of hydrogen-bond acceptors (Lipinski definition) is 4. The number of hydrogen-bond donors (Lipinski definition) is 1. The van der Waals surface area contributed by atoms with Crippen LogP contribution in [0.4, 0.5) is 4.39 Å². The van der Waals surface area contributed by atoms with Gasteiger partial charge in [0.2, 0.25) is 5.82 Å². The molecule has 29 heavy (non-hydrogen) atoms. The molecule has 0 saturated carbocycles. The van der Waals surface area contributed by atoms with Gasteiger partial charge in [-0.1, -0.05) is 45.1 Å². The van der Waals surface area contributed by atoms with E-state index in [9.17, 15) is 9.18 Å². The predicted octanol–water partition coefficient (Wildman–Crippen LogP) is 4.77. The molecule has 1 aromatic rings. The van der Waals surface area contributed by atoms with E-state index in [1.807, 2.05) is 6.07 Å². The monoisotopic (exact) mass is 407 g/mol. The summed E-state index contributed by atoms with van der Waals surface area (Å²) in [5, 5.41) is 8.86. The number of carboxylic acids is 1. The third-order valence-electron chi connectivity index (χ3n) is 6.34. The number of benzene rings is 1. The zero-order chi connectivity index (χ0) is 20.7. The summed E-state index contributed by atoms with van der Waals surface area (Å²) in [6.07, 6.45) is 8.91. The molecule has 3 rings (SSSR count). The molecular weight excluding hydrogens is 373 g/mol. The van der Waals surface area contributed by atoms with Crippen LogP contribution in [0, 0.1) is 5.82 Å². The maximum absolute atomic E-state index is 14.9. The largest absolute Gasteiger partial charge is 0.490 e. The van der Waals surface area contributed by atoms with E-state index in [1.165, 1.54) is 25.7 Å². The van der Waals surface area contributed by atoms with Gasteiger partial charge in [0.05, 0.1) is 19.6 Å². The number of rotatable bonds is 11. The Morgan fingerprint density at radius 1 is 1.21 bits per heavy atom. The molecule has 2 aliphatic rings. The smallest absolute Gasteiger partial charge is 0.304 e. The highest BCUT2D eigenvalue weighted by molar-refractivity contribution is 5.66. The van der Waals surface area contributed by atoms with Crippen molar-refractivity contribution in [3.05, 3.63) is 23.5 Å². The van der Waals surface area contributed by atoms with Crippen LogP contribution < -0.4 is 9.47 Å². The van der Waals surface area contributed by atoms with Crippen molar-refractivity contribution in [3.8, 4) is 11.5 Å². The number of piperidine rings is 1. The van der Waals surface area contributed by atoms with Gasteiger partial charge in [0, 0.05) is 17.5 Å². The van der Waals surface area contributed by atoms with Crippen molar-refractivity contribution in [3.63, 3.8) is 0 Å². The molecule has 2 heterocycles. The number of nitrogens with zero attached hydrogens (tertiary/aromatic N) is 1. The summed E-state index contributed by atoms with van der Waals surface area (Å²) >= 11 is 0. The number of halogens is 1. The van der Waals surface area contributed by atoms with Gasteiger partial charge in [-0.05, 0) is 38.4 Å². The summed E-state index contributed by atoms with van der Waals surface area (Å²) in [4.78, 5) is 13.0. The van der Waals surface area contributed by atoms with Gasteiger partial charge in [0.25, 0.3) is 0 Å². The van der Waals surface area contributed by atoms with Crippen molar-refractivity contribution in [2.45, 2.75) is 70.1 Å². The topological polar surface area (TPSA) is 59.0 Å². The van der Waals surface area contributed by atoms with Gasteiger partial charge in [-0.25, -0.2) is 0 Å². The van der Waals surface area contributed by atoms with Gasteiger partial charge < -0.3 is 19.5 Å². The lowest BCUT2D eigenvalue weighted by Crippen LogP contribution is -2.44. The molecule has 1 spiro atoms. The molecule has 1 N–H and O–H groups in total. The van der Waals surface area contributed by atoms with E-state index >= 15 is 0 Å². The summed E-state index contributed by atoms with van der Waals surface area (Å²) in [5.41, 5.74) is 0.785. The third kappa shape index (κ3) is 5.41. The van der Waals surface area contributed by atoms with E-state index in [0.29, 0.717) is 25.5 Å². The van der Waals surface area contributed by atoms with Crippen LogP contribution in [0.25, 0.3) is 0 Å². The Morgan fingerprint density at radius 3 is 2.66 bits per heavy atom. The molecule has 1 saturated heterocycles. The number of unbranched alkanes of at least 4 members (excludes halogenated alkanes) is 5. The molecule has 1 aromatic carbocycles. The zero-order valence-electron chi connectivity index (χ0n) is 17.6. The molecular formula is C23H34FNO4. The number of fused-ring (bicyclic) bond motifs is 2. The molecule has 0 aromatic heterocycles. The molecule has 5 nitrogen and oxygen atoms in total. The third-order valence-corrected chi connectivity index (χ3v) is 6.34. The minimum atomic E-state index is -0.768. The second kappa shape index (κ2) is 10.3. The minimum Gasteiger partial charge on any atom is -0.490 e. The standard InChI is InChI=1S/C23H34FNO4/c1-2-3-4-5-6-7-16-28-19-9-8-18-22(21(19)24)29-17-23(18)11-14-25(15-12-23)13-10-20(26)27/h8-9H,2-7,10-17H2,1H3,(H,26,27). The van der Waals surface area contributed by atoms with Crippen molar-refractivity contribution in [2.24, 2.45) is 0 Å². The quantitative estimate of drug-likeness (QED) is 0.536. The summed E-state index contributed by atoms with van der Waals surface area (Å²) in [5.74, 6) is -0.508. The van der Waals surface area contributed by atoms with Crippen LogP contribution in [0.5, 0.6) is 11.5 Å². The molecule has 0 amide bonds. The normalized spacial score (nSPS) is 17.9. The average molecular weight is 408 g/mol. The van der Waals surface area contributed by atoms with E-state index < -0.39 is 5.97 Å². The number of carbonyl (C=O) groups is 1. The highest BCUT2D eigenvalue weighted by atomic mass is 19.1. The Hall–Kier alpha value is -1.82. The second-order valence-electron chi connectivity index (χ2n) is 8.42. The van der Waals surface area contributed by atoms with Crippen LogP contribution in [0.1, 0.15) is 70.3 Å². The Morgan fingerprint density at radius 2 is 1.93 bits per heavy atom. The Labute approximate surface area is 173 Å². The Balaban J connectivity index is 1.53. The number of aliphatic carboxylic acids is 1. The molecule has 162 valence electrons. The average Bonchev–Trinajstić information content (AvgIpc) is 3.07. The van der Waals surface area contributed by atoms with Crippen molar-refractivity contribution in [1.29, 1.82) is 0 Å². The first-order valence-electron chi connectivity index (χ1n) is 11.1. The fourth-order valence-corrected chi connectivity index (χ4v) is 4.43. The fraction of sp³-hybridized carbons (Fsp3) is 0.696. The summed E-state index contributed by atoms with van der Waals surface area (Å²) in [6, 6.07) is 3.72. The number of ether oxygens (including phenoxy) is 2. The lowest BCUT2D eigenvalue weighted by molar-refractivity contribution is -0.137. The first-order valence-corrected chi connectivity index (χ1v) is 11.1. The second-order valence-corrected chi connectivity index (χ2v) is 8.42. The van der Waals surface area contributed by atoms with Gasteiger partial charge in [-0.15, -0.1) is 0 Å². The summed E-state index contributed by atoms with van der Waals surface area (Å²) < 4.78 is 26.4. The lowest BCUT2D eigenvalue weighted by Gasteiger charge is -2.38. The first kappa shape index (κ1) is 21.9. The van der Waals surface area contributed by atoms with Crippen molar-refractivity contribution in [1.82, 2.24) is 4.90 Å². The van der Waals surface area contributed by atoms with E-state index in [-0.39, 0.29) is 23.4 Å². The van der Waals surface area contributed by atoms with Gasteiger partial charge in [-0.3, -0.25) is 4.79 Å². The van der Waals surface area contributed by atoms with Crippen molar-refractivity contribution >= 4 is 5.97 Å². The molecule has 6 heteroatoms. The van der Waals surface area contributed by atoms with Crippen molar-refractivity contribution < 1.29 is 23.8 Å². The SMILES string of the molecule is CCCCCCCCOc1ccc2c(c1F)OCC21CCN(CCC(=O)O)CC1. The van der Waals surface area contributed by atoms with E-state index in [0.717, 1.165) is 44.3 Å². The molecule has 0 radical (unpaired) electrons. The van der Waals surface area contributed by atoms with Gasteiger partial charge in [0.15, 0.2) is 11.5 Å². The first-order chi connectivity index (χ1) is 14.1.